The fraction of sp³-hybridized carbons (Fsp3) is 0.950. The molecule has 2 aliphatic carbocycles. The molecule has 3 atom stereocenters. The Morgan fingerprint density at radius 2 is 2.07 bits per heavy atom. The van der Waals surface area contributed by atoms with Gasteiger partial charge in [0, 0.05) is 37.8 Å². The number of rotatable bonds is 10. The highest BCUT2D eigenvalue weighted by atomic mass is 32.2. The summed E-state index contributed by atoms with van der Waals surface area (Å²) in [7, 11) is -3.36. The van der Waals surface area contributed by atoms with Gasteiger partial charge in [-0.25, -0.2) is 13.1 Å². The van der Waals surface area contributed by atoms with Gasteiger partial charge >= 0.3 is 0 Å². The fourth-order valence-electron chi connectivity index (χ4n) is 4.66. The zero-order valence-corrected chi connectivity index (χ0v) is 18.7. The average molecular weight is 431 g/mol. The third-order valence-electron chi connectivity index (χ3n) is 6.53. The van der Waals surface area contributed by atoms with E-state index in [0.717, 1.165) is 45.4 Å². The number of hydrogen-bond donors (Lipinski definition) is 3. The van der Waals surface area contributed by atoms with Crippen molar-refractivity contribution in [1.82, 2.24) is 15.4 Å². The van der Waals surface area contributed by atoms with Crippen molar-refractivity contribution in [2.24, 2.45) is 10.4 Å². The molecule has 0 amide bonds. The van der Waals surface area contributed by atoms with Crippen LogP contribution in [0.3, 0.4) is 0 Å². The van der Waals surface area contributed by atoms with Crippen LogP contribution >= 0.6 is 0 Å². The molecule has 1 heterocycles. The van der Waals surface area contributed by atoms with Gasteiger partial charge in [-0.2, -0.15) is 0 Å². The summed E-state index contributed by atoms with van der Waals surface area (Å²) in [4.78, 5) is 4.51. The van der Waals surface area contributed by atoms with Crippen LogP contribution in [0.15, 0.2) is 4.99 Å². The zero-order valence-electron chi connectivity index (χ0n) is 17.9. The molecule has 0 aromatic rings. The monoisotopic (exact) mass is 430 g/mol. The predicted molar refractivity (Wildman–Crippen MR) is 115 cm³/mol. The Hall–Kier alpha value is -0.900. The van der Waals surface area contributed by atoms with Gasteiger partial charge < -0.3 is 20.1 Å². The molecule has 1 spiro atoms. The second-order valence-electron chi connectivity index (χ2n) is 8.38. The minimum absolute atomic E-state index is 0.00317. The van der Waals surface area contributed by atoms with E-state index in [1.54, 1.807) is 0 Å². The average Bonchev–Trinajstić information content (AvgIpc) is 2.65. The van der Waals surface area contributed by atoms with Crippen molar-refractivity contribution in [3.05, 3.63) is 0 Å². The molecule has 9 heteroatoms. The standard InChI is InChI=1S/C20H38N4O4S/c1-3-21-19(24-17-14-18(27-4-2)20(17)9-7-10-20)22-11-13-29(25,26)23-15-16-8-5-6-12-28-16/h16-18,23H,3-15H2,1-2H3,(H2,21,22,24). The summed E-state index contributed by atoms with van der Waals surface area (Å²) in [6.45, 7) is 6.87. The van der Waals surface area contributed by atoms with E-state index in [1.165, 1.54) is 19.3 Å². The van der Waals surface area contributed by atoms with Crippen LogP contribution in [0.2, 0.25) is 0 Å². The molecular weight excluding hydrogens is 392 g/mol. The van der Waals surface area contributed by atoms with Gasteiger partial charge in [0.2, 0.25) is 10.0 Å². The van der Waals surface area contributed by atoms with Crippen LogP contribution in [0, 0.1) is 5.41 Å². The van der Waals surface area contributed by atoms with Crippen molar-refractivity contribution < 1.29 is 17.9 Å². The van der Waals surface area contributed by atoms with Crippen LogP contribution < -0.4 is 15.4 Å². The van der Waals surface area contributed by atoms with Gasteiger partial charge in [0.05, 0.1) is 24.5 Å². The Kier molecular flexibility index (Phi) is 8.18. The van der Waals surface area contributed by atoms with E-state index in [1.807, 2.05) is 13.8 Å². The highest BCUT2D eigenvalue weighted by Gasteiger charge is 2.59. The van der Waals surface area contributed by atoms with E-state index in [9.17, 15) is 8.42 Å². The van der Waals surface area contributed by atoms with Crippen molar-refractivity contribution in [3.63, 3.8) is 0 Å². The quantitative estimate of drug-likeness (QED) is 0.358. The van der Waals surface area contributed by atoms with Crippen molar-refractivity contribution in [2.45, 2.75) is 77.0 Å². The first-order valence-corrected chi connectivity index (χ1v) is 12.9. The van der Waals surface area contributed by atoms with E-state index in [4.69, 9.17) is 9.47 Å². The molecule has 3 N–H and O–H groups in total. The van der Waals surface area contributed by atoms with E-state index in [0.29, 0.717) is 24.7 Å². The molecule has 8 nitrogen and oxygen atoms in total. The van der Waals surface area contributed by atoms with Crippen LogP contribution in [0.25, 0.3) is 0 Å². The minimum atomic E-state index is -3.36. The van der Waals surface area contributed by atoms with Gasteiger partial charge in [0.25, 0.3) is 0 Å². The molecule has 2 saturated carbocycles. The maximum atomic E-state index is 12.3. The Morgan fingerprint density at radius 3 is 2.69 bits per heavy atom. The van der Waals surface area contributed by atoms with Crippen molar-refractivity contribution in [1.29, 1.82) is 0 Å². The van der Waals surface area contributed by atoms with Gasteiger partial charge in [-0.3, -0.25) is 4.99 Å². The zero-order chi connectivity index (χ0) is 20.7. The molecule has 0 radical (unpaired) electrons. The number of nitrogens with one attached hydrogen (secondary N) is 3. The second kappa shape index (κ2) is 10.4. The number of sulfonamides is 1. The molecular formula is C20H38N4O4S. The largest absolute Gasteiger partial charge is 0.378 e. The molecule has 1 saturated heterocycles. The van der Waals surface area contributed by atoms with Gasteiger partial charge in [0.15, 0.2) is 5.96 Å². The normalized spacial score (nSPS) is 29.2. The van der Waals surface area contributed by atoms with Gasteiger partial charge in [-0.15, -0.1) is 0 Å². The molecule has 3 aliphatic rings. The third-order valence-corrected chi connectivity index (χ3v) is 7.85. The lowest BCUT2D eigenvalue weighted by Crippen LogP contribution is -2.68. The minimum Gasteiger partial charge on any atom is -0.378 e. The summed E-state index contributed by atoms with van der Waals surface area (Å²) >= 11 is 0. The summed E-state index contributed by atoms with van der Waals surface area (Å²) in [5.41, 5.74) is 0.236. The number of nitrogens with zero attached hydrogens (tertiary/aromatic N) is 1. The number of hydrogen-bond acceptors (Lipinski definition) is 5. The second-order valence-corrected chi connectivity index (χ2v) is 10.3. The Bertz CT molecular complexity index is 645. The number of ether oxygens (including phenoxy) is 2. The van der Waals surface area contributed by atoms with Gasteiger partial charge in [-0.1, -0.05) is 6.42 Å². The first kappa shape index (κ1) is 22.8. The van der Waals surface area contributed by atoms with Gasteiger partial charge in [-0.05, 0) is 52.4 Å². The number of guanidine groups is 1. The van der Waals surface area contributed by atoms with E-state index < -0.39 is 10.0 Å². The molecule has 3 rings (SSSR count). The van der Waals surface area contributed by atoms with Crippen molar-refractivity contribution in [3.8, 4) is 0 Å². The molecule has 0 bridgehead atoms. The summed E-state index contributed by atoms with van der Waals surface area (Å²) in [6, 6.07) is 0.351. The molecule has 3 fully saturated rings. The van der Waals surface area contributed by atoms with Crippen LogP contribution in [0.1, 0.15) is 58.8 Å². The predicted octanol–water partition coefficient (Wildman–Crippen LogP) is 1.38. The van der Waals surface area contributed by atoms with Crippen LogP contribution in [0.4, 0.5) is 0 Å². The first-order valence-electron chi connectivity index (χ1n) is 11.2. The van der Waals surface area contributed by atoms with Gasteiger partial charge in [0.1, 0.15) is 0 Å². The topological polar surface area (TPSA) is 101 Å². The lowest BCUT2D eigenvalue weighted by Gasteiger charge is -2.61. The Morgan fingerprint density at radius 1 is 1.24 bits per heavy atom. The smallest absolute Gasteiger partial charge is 0.213 e. The molecule has 29 heavy (non-hydrogen) atoms. The Labute approximate surface area is 175 Å². The fourth-order valence-corrected chi connectivity index (χ4v) is 5.58. The summed E-state index contributed by atoms with van der Waals surface area (Å²) in [5.74, 6) is 0.678. The Balaban J connectivity index is 1.46. The van der Waals surface area contributed by atoms with Crippen LogP contribution in [-0.2, 0) is 19.5 Å². The summed E-state index contributed by atoms with van der Waals surface area (Å²) in [5, 5.41) is 6.78. The highest BCUT2D eigenvalue weighted by Crippen LogP contribution is 2.57. The van der Waals surface area contributed by atoms with Crippen LogP contribution in [-0.4, -0.2) is 71.2 Å². The van der Waals surface area contributed by atoms with Crippen LogP contribution in [0.5, 0.6) is 0 Å². The van der Waals surface area contributed by atoms with Crippen molar-refractivity contribution >= 4 is 16.0 Å². The lowest BCUT2D eigenvalue weighted by molar-refractivity contribution is -0.168. The molecule has 0 aromatic carbocycles. The first-order chi connectivity index (χ1) is 14.0. The lowest BCUT2D eigenvalue weighted by atomic mass is 9.51. The van der Waals surface area contributed by atoms with Crippen molar-refractivity contribution in [2.75, 3.05) is 38.6 Å². The highest BCUT2D eigenvalue weighted by molar-refractivity contribution is 7.89. The molecule has 168 valence electrons. The molecule has 3 unspecified atom stereocenters. The summed E-state index contributed by atoms with van der Waals surface area (Å²) in [6.07, 6.45) is 8.04. The van der Waals surface area contributed by atoms with E-state index >= 15 is 0 Å². The third kappa shape index (κ3) is 5.83. The SMILES string of the molecule is CCNC(=NCCS(=O)(=O)NCC1CCCCO1)NC1CC(OCC)C12CCC2. The molecule has 1 aliphatic heterocycles. The maximum Gasteiger partial charge on any atom is 0.213 e. The van der Waals surface area contributed by atoms with E-state index in [2.05, 4.69) is 20.3 Å². The number of aliphatic imine (C=N–C) groups is 1. The summed E-state index contributed by atoms with van der Waals surface area (Å²) < 4.78 is 38.7. The van der Waals surface area contributed by atoms with E-state index in [-0.39, 0.29) is 23.8 Å². The molecule has 0 aromatic heterocycles. The maximum absolute atomic E-state index is 12.3.